The van der Waals surface area contributed by atoms with Gasteiger partial charge in [-0.1, -0.05) is 151 Å². The third-order valence-corrected chi connectivity index (χ3v) is 9.94. The standard InChI is InChI=1S/C40H25N3S/c1-3-14-26(15-4-1)37-41-38(27-16-5-2-6-17-27)43-39(42-37)30-20-13-25-35-36(30)40(33-23-11-12-24-34(33)44-35)31-21-9-7-18-28(31)29-19-8-10-22-32(29)40/h1-25H. The second kappa shape index (κ2) is 9.87. The van der Waals surface area contributed by atoms with Gasteiger partial charge >= 0.3 is 0 Å². The summed E-state index contributed by atoms with van der Waals surface area (Å²) in [5.41, 5.74) is 10.1. The normalized spacial score (nSPS) is 13.5. The zero-order valence-corrected chi connectivity index (χ0v) is 24.5. The Morgan fingerprint density at radius 2 is 0.818 bits per heavy atom. The minimum absolute atomic E-state index is 0.520. The van der Waals surface area contributed by atoms with Crippen LogP contribution < -0.4 is 0 Å². The van der Waals surface area contributed by atoms with Crippen LogP contribution in [0.2, 0.25) is 0 Å². The van der Waals surface area contributed by atoms with E-state index in [0.29, 0.717) is 17.5 Å². The summed E-state index contributed by atoms with van der Waals surface area (Å²) in [7, 11) is 0. The molecule has 206 valence electrons. The molecule has 9 rings (SSSR count). The summed E-state index contributed by atoms with van der Waals surface area (Å²) in [6, 6.07) is 53.6. The zero-order chi connectivity index (χ0) is 29.1. The van der Waals surface area contributed by atoms with Crippen molar-refractivity contribution in [2.75, 3.05) is 0 Å². The lowest BCUT2D eigenvalue weighted by molar-refractivity contribution is 0.723. The molecular formula is C40H25N3S. The molecule has 0 bridgehead atoms. The summed E-state index contributed by atoms with van der Waals surface area (Å²) in [5, 5.41) is 0. The van der Waals surface area contributed by atoms with Crippen LogP contribution in [0.1, 0.15) is 22.3 Å². The third-order valence-electron chi connectivity index (χ3n) is 8.80. The van der Waals surface area contributed by atoms with Crippen LogP contribution in [-0.2, 0) is 5.41 Å². The Morgan fingerprint density at radius 1 is 0.364 bits per heavy atom. The molecule has 2 heterocycles. The average molecular weight is 580 g/mol. The first-order valence-corrected chi connectivity index (χ1v) is 15.6. The monoisotopic (exact) mass is 579 g/mol. The molecule has 44 heavy (non-hydrogen) atoms. The van der Waals surface area contributed by atoms with E-state index in [-0.39, 0.29) is 0 Å². The van der Waals surface area contributed by atoms with E-state index in [1.165, 1.54) is 43.2 Å². The molecule has 0 amide bonds. The quantitative estimate of drug-likeness (QED) is 0.209. The number of hydrogen-bond acceptors (Lipinski definition) is 4. The van der Waals surface area contributed by atoms with Gasteiger partial charge in [0.05, 0.1) is 5.41 Å². The fourth-order valence-corrected chi connectivity index (χ4v) is 8.26. The Balaban J connectivity index is 1.40. The van der Waals surface area contributed by atoms with Gasteiger partial charge in [0.15, 0.2) is 17.5 Å². The molecular weight excluding hydrogens is 555 g/mol. The highest BCUT2D eigenvalue weighted by Crippen LogP contribution is 2.63. The fourth-order valence-electron chi connectivity index (χ4n) is 7.03. The minimum Gasteiger partial charge on any atom is -0.208 e. The summed E-state index contributed by atoms with van der Waals surface area (Å²) >= 11 is 1.83. The largest absolute Gasteiger partial charge is 0.208 e. The lowest BCUT2D eigenvalue weighted by Gasteiger charge is -2.40. The van der Waals surface area contributed by atoms with Crippen molar-refractivity contribution in [3.8, 4) is 45.3 Å². The number of fused-ring (bicyclic) bond motifs is 9. The fraction of sp³-hybridized carbons (Fsp3) is 0.0250. The molecule has 2 aliphatic rings. The molecule has 0 fully saturated rings. The van der Waals surface area contributed by atoms with E-state index in [0.717, 1.165) is 16.7 Å². The van der Waals surface area contributed by atoms with Crippen molar-refractivity contribution in [1.29, 1.82) is 0 Å². The summed E-state index contributed by atoms with van der Waals surface area (Å²) in [4.78, 5) is 17.9. The van der Waals surface area contributed by atoms with Crippen molar-refractivity contribution < 1.29 is 0 Å². The van der Waals surface area contributed by atoms with Crippen LogP contribution >= 0.6 is 11.8 Å². The Hall–Kier alpha value is -5.32. The van der Waals surface area contributed by atoms with Gasteiger partial charge in [-0.15, -0.1) is 0 Å². The number of aromatic nitrogens is 3. The molecule has 0 radical (unpaired) electrons. The summed E-state index contributed by atoms with van der Waals surface area (Å²) < 4.78 is 0. The molecule has 7 aromatic rings. The number of benzene rings is 6. The Kier molecular flexibility index (Phi) is 5.65. The van der Waals surface area contributed by atoms with Crippen LogP contribution in [0.3, 0.4) is 0 Å². The second-order valence-corrected chi connectivity index (χ2v) is 12.2. The zero-order valence-electron chi connectivity index (χ0n) is 23.7. The van der Waals surface area contributed by atoms with Crippen LogP contribution in [0.5, 0.6) is 0 Å². The number of rotatable bonds is 3. The van der Waals surface area contributed by atoms with Crippen molar-refractivity contribution in [2.45, 2.75) is 15.2 Å². The topological polar surface area (TPSA) is 38.7 Å². The molecule has 1 spiro atoms. The van der Waals surface area contributed by atoms with Crippen LogP contribution in [0.4, 0.5) is 0 Å². The van der Waals surface area contributed by atoms with Crippen LogP contribution in [-0.4, -0.2) is 15.0 Å². The van der Waals surface area contributed by atoms with Gasteiger partial charge in [0.25, 0.3) is 0 Å². The summed E-state index contributed by atoms with van der Waals surface area (Å²) in [5.74, 6) is 2.00. The third kappa shape index (κ3) is 3.61. The maximum Gasteiger partial charge on any atom is 0.164 e. The van der Waals surface area contributed by atoms with Crippen molar-refractivity contribution >= 4 is 11.8 Å². The average Bonchev–Trinajstić information content (AvgIpc) is 3.39. The van der Waals surface area contributed by atoms with Gasteiger partial charge in [0.2, 0.25) is 0 Å². The molecule has 1 aliphatic heterocycles. The van der Waals surface area contributed by atoms with Crippen LogP contribution in [0.25, 0.3) is 45.3 Å². The van der Waals surface area contributed by atoms with E-state index in [4.69, 9.17) is 15.0 Å². The van der Waals surface area contributed by atoms with Gasteiger partial charge in [0, 0.05) is 26.5 Å². The van der Waals surface area contributed by atoms with Crippen LogP contribution in [0.15, 0.2) is 161 Å². The lowest BCUT2D eigenvalue weighted by atomic mass is 9.66. The van der Waals surface area contributed by atoms with Crippen LogP contribution in [0, 0.1) is 0 Å². The first-order chi connectivity index (χ1) is 21.8. The lowest BCUT2D eigenvalue weighted by Crippen LogP contribution is -2.32. The minimum atomic E-state index is -0.520. The molecule has 4 heteroatoms. The van der Waals surface area contributed by atoms with Gasteiger partial charge in [-0.25, -0.2) is 15.0 Å². The smallest absolute Gasteiger partial charge is 0.164 e. The van der Waals surface area contributed by atoms with E-state index in [1.807, 2.05) is 48.2 Å². The summed E-state index contributed by atoms with van der Waals surface area (Å²) in [6.07, 6.45) is 0. The van der Waals surface area contributed by atoms with E-state index < -0.39 is 5.41 Å². The van der Waals surface area contributed by atoms with Gasteiger partial charge in [-0.2, -0.15) is 0 Å². The first kappa shape index (κ1) is 25.2. The highest BCUT2D eigenvalue weighted by Gasteiger charge is 2.51. The molecule has 1 aliphatic carbocycles. The van der Waals surface area contributed by atoms with Crippen molar-refractivity contribution in [2.24, 2.45) is 0 Å². The maximum absolute atomic E-state index is 5.20. The molecule has 0 saturated heterocycles. The molecule has 0 N–H and O–H groups in total. The highest BCUT2D eigenvalue weighted by atomic mass is 32.2. The second-order valence-electron chi connectivity index (χ2n) is 11.2. The summed E-state index contributed by atoms with van der Waals surface area (Å²) in [6.45, 7) is 0. The van der Waals surface area contributed by atoms with Gasteiger partial charge in [-0.3, -0.25) is 0 Å². The van der Waals surface area contributed by atoms with E-state index >= 15 is 0 Å². The van der Waals surface area contributed by atoms with E-state index in [1.54, 1.807) is 0 Å². The molecule has 3 nitrogen and oxygen atoms in total. The molecule has 0 saturated carbocycles. The molecule has 1 aromatic heterocycles. The van der Waals surface area contributed by atoms with Gasteiger partial charge in [0.1, 0.15) is 0 Å². The highest BCUT2D eigenvalue weighted by molar-refractivity contribution is 7.99. The van der Waals surface area contributed by atoms with Gasteiger partial charge < -0.3 is 0 Å². The number of nitrogens with zero attached hydrogens (tertiary/aromatic N) is 3. The van der Waals surface area contributed by atoms with Crippen molar-refractivity contribution in [3.05, 3.63) is 174 Å². The maximum atomic E-state index is 5.20. The van der Waals surface area contributed by atoms with Crippen molar-refractivity contribution in [1.82, 2.24) is 15.0 Å². The molecule has 0 atom stereocenters. The first-order valence-electron chi connectivity index (χ1n) is 14.8. The number of hydrogen-bond donors (Lipinski definition) is 0. The van der Waals surface area contributed by atoms with E-state index in [2.05, 4.69) is 115 Å². The predicted molar refractivity (Wildman–Crippen MR) is 178 cm³/mol. The Bertz CT molecular complexity index is 2110. The van der Waals surface area contributed by atoms with E-state index in [9.17, 15) is 0 Å². The SMILES string of the molecule is c1ccc(-c2nc(-c3ccccc3)nc(-c3cccc4c3C3(c5ccccc5S4)c4ccccc4-c4ccccc43)n2)cc1. The van der Waals surface area contributed by atoms with Gasteiger partial charge in [-0.05, 0) is 45.5 Å². The predicted octanol–water partition coefficient (Wildman–Crippen LogP) is 9.70. The molecule has 6 aromatic carbocycles. The Morgan fingerprint density at radius 3 is 1.43 bits per heavy atom. The van der Waals surface area contributed by atoms with Crippen molar-refractivity contribution in [3.63, 3.8) is 0 Å². The molecule has 0 unspecified atom stereocenters. The Labute approximate surface area is 260 Å².